The summed E-state index contributed by atoms with van der Waals surface area (Å²) in [4.78, 5) is 19.7. The van der Waals surface area contributed by atoms with E-state index < -0.39 is 0 Å². The highest BCUT2D eigenvalue weighted by Gasteiger charge is 2.21. The van der Waals surface area contributed by atoms with E-state index in [0.29, 0.717) is 0 Å². The third kappa shape index (κ3) is 3.33. The van der Waals surface area contributed by atoms with Gasteiger partial charge in [0, 0.05) is 49.8 Å². The van der Waals surface area contributed by atoms with Crippen molar-refractivity contribution in [2.45, 2.75) is 19.3 Å². The highest BCUT2D eigenvalue weighted by molar-refractivity contribution is 5.84. The van der Waals surface area contributed by atoms with Gasteiger partial charge in [-0.3, -0.25) is 0 Å². The van der Waals surface area contributed by atoms with Crippen LogP contribution in [0, 0.1) is 5.92 Å². The van der Waals surface area contributed by atoms with Gasteiger partial charge in [-0.05, 0) is 48.9 Å². The van der Waals surface area contributed by atoms with Crippen molar-refractivity contribution in [1.82, 2.24) is 24.5 Å². The predicted molar refractivity (Wildman–Crippen MR) is 110 cm³/mol. The molecule has 0 spiro atoms. The zero-order valence-electron chi connectivity index (χ0n) is 15.6. The van der Waals surface area contributed by atoms with Crippen LogP contribution < -0.4 is 4.90 Å². The second-order valence-corrected chi connectivity index (χ2v) is 7.33. The van der Waals surface area contributed by atoms with Crippen molar-refractivity contribution in [3.63, 3.8) is 0 Å². The Morgan fingerprint density at radius 1 is 0.857 bits per heavy atom. The lowest BCUT2D eigenvalue weighted by Crippen LogP contribution is -2.34. The summed E-state index contributed by atoms with van der Waals surface area (Å²) in [5, 5.41) is 0. The first-order valence-corrected chi connectivity index (χ1v) is 9.75. The van der Waals surface area contributed by atoms with Crippen LogP contribution in [-0.2, 0) is 6.42 Å². The largest absolute Gasteiger partial charge is 0.370 e. The number of hydrogen-bond donors (Lipinski definition) is 0. The number of benzene rings is 1. The first-order valence-electron chi connectivity index (χ1n) is 9.75. The lowest BCUT2D eigenvalue weighted by molar-refractivity contribution is 0.404. The molecule has 1 aromatic carbocycles. The molecule has 0 amide bonds. The van der Waals surface area contributed by atoms with Gasteiger partial charge in [-0.2, -0.15) is 0 Å². The Balaban J connectivity index is 1.24. The average Bonchev–Trinajstić information content (AvgIpc) is 3.29. The molecule has 3 aromatic heterocycles. The van der Waals surface area contributed by atoms with E-state index in [1.54, 1.807) is 18.6 Å². The van der Waals surface area contributed by atoms with Crippen molar-refractivity contribution in [2.75, 3.05) is 18.0 Å². The van der Waals surface area contributed by atoms with E-state index in [0.717, 1.165) is 48.0 Å². The summed E-state index contributed by atoms with van der Waals surface area (Å²) in [6, 6.07) is 10.9. The third-order valence-corrected chi connectivity index (χ3v) is 5.57. The molecule has 4 aromatic rings. The highest BCUT2D eigenvalue weighted by atomic mass is 15.1. The Bertz CT molecular complexity index is 1040. The van der Waals surface area contributed by atoms with Gasteiger partial charge in [0.25, 0.3) is 0 Å². The molecule has 140 valence electrons. The summed E-state index contributed by atoms with van der Waals surface area (Å²) in [5.41, 5.74) is 5.34. The minimum Gasteiger partial charge on any atom is -0.370 e. The van der Waals surface area contributed by atoms with Crippen LogP contribution in [0.5, 0.6) is 0 Å². The van der Waals surface area contributed by atoms with Crippen LogP contribution in [0.4, 0.5) is 5.69 Å². The Morgan fingerprint density at radius 3 is 2.43 bits per heavy atom. The number of rotatable bonds is 4. The molecular weight excluding hydrogens is 348 g/mol. The first-order chi connectivity index (χ1) is 13.9. The van der Waals surface area contributed by atoms with Crippen molar-refractivity contribution in [1.29, 1.82) is 0 Å². The van der Waals surface area contributed by atoms with E-state index in [9.17, 15) is 0 Å². The molecule has 6 nitrogen and oxygen atoms in total. The SMILES string of the molecule is c1cn(-c2ccc(CC3CCN(c4ccnc5nccnc45)CC3)cc2)cn1. The molecular formula is C22H22N6. The zero-order valence-corrected chi connectivity index (χ0v) is 15.6. The number of anilines is 1. The molecule has 0 bridgehead atoms. The Hall–Kier alpha value is -3.28. The van der Waals surface area contributed by atoms with Gasteiger partial charge in [0.1, 0.15) is 5.52 Å². The zero-order chi connectivity index (χ0) is 18.8. The summed E-state index contributed by atoms with van der Waals surface area (Å²) in [7, 11) is 0. The van der Waals surface area contributed by atoms with Crippen molar-refractivity contribution in [2.24, 2.45) is 5.92 Å². The number of aromatic nitrogens is 5. The molecule has 0 atom stereocenters. The van der Waals surface area contributed by atoms with E-state index >= 15 is 0 Å². The van der Waals surface area contributed by atoms with Gasteiger partial charge >= 0.3 is 0 Å². The van der Waals surface area contributed by atoms with Gasteiger partial charge in [0.15, 0.2) is 5.65 Å². The van der Waals surface area contributed by atoms with Gasteiger partial charge in [0.05, 0.1) is 12.0 Å². The third-order valence-electron chi connectivity index (χ3n) is 5.57. The van der Waals surface area contributed by atoms with Gasteiger partial charge in [-0.1, -0.05) is 12.1 Å². The fraction of sp³-hybridized carbons (Fsp3) is 0.273. The lowest BCUT2D eigenvalue weighted by atomic mass is 9.90. The van der Waals surface area contributed by atoms with Crippen LogP contribution in [0.1, 0.15) is 18.4 Å². The molecule has 1 aliphatic rings. The summed E-state index contributed by atoms with van der Waals surface area (Å²) >= 11 is 0. The molecule has 1 aliphatic heterocycles. The monoisotopic (exact) mass is 370 g/mol. The van der Waals surface area contributed by atoms with Gasteiger partial charge < -0.3 is 9.47 Å². The molecule has 4 heterocycles. The molecule has 1 saturated heterocycles. The molecule has 0 radical (unpaired) electrons. The number of nitrogens with zero attached hydrogens (tertiary/aromatic N) is 6. The van der Waals surface area contributed by atoms with Crippen molar-refractivity contribution < 1.29 is 0 Å². The number of imidazole rings is 1. The average molecular weight is 370 g/mol. The number of piperidine rings is 1. The second-order valence-electron chi connectivity index (χ2n) is 7.33. The lowest BCUT2D eigenvalue weighted by Gasteiger charge is -2.34. The maximum absolute atomic E-state index is 4.50. The molecule has 0 aliphatic carbocycles. The summed E-state index contributed by atoms with van der Waals surface area (Å²) in [6.07, 6.45) is 14.4. The standard InChI is InChI=1S/C22H22N6/c1-3-19(28-14-11-23-16-28)4-2-17(1)15-18-6-12-27(13-7-18)20-5-8-25-22-21(20)24-9-10-26-22/h1-5,8-11,14,16,18H,6-7,12-13,15H2. The molecule has 5 rings (SSSR count). The summed E-state index contributed by atoms with van der Waals surface area (Å²) < 4.78 is 2.03. The van der Waals surface area contributed by atoms with Crippen LogP contribution in [-0.4, -0.2) is 37.6 Å². The van der Waals surface area contributed by atoms with E-state index in [-0.39, 0.29) is 0 Å². The van der Waals surface area contributed by atoms with Gasteiger partial charge in [-0.15, -0.1) is 0 Å². The quantitative estimate of drug-likeness (QED) is 0.549. The topological polar surface area (TPSA) is 59.7 Å². The Kier molecular flexibility index (Phi) is 4.45. The van der Waals surface area contributed by atoms with E-state index in [2.05, 4.69) is 55.2 Å². The predicted octanol–water partition coefficient (Wildman–Crippen LogP) is 3.67. The van der Waals surface area contributed by atoms with Gasteiger partial charge in [0.2, 0.25) is 0 Å². The fourth-order valence-electron chi connectivity index (χ4n) is 4.05. The van der Waals surface area contributed by atoms with Crippen molar-refractivity contribution in [3.05, 3.63) is 73.2 Å². The molecule has 0 unspecified atom stereocenters. The maximum atomic E-state index is 4.50. The van der Waals surface area contributed by atoms with Crippen LogP contribution in [0.2, 0.25) is 0 Å². The fourth-order valence-corrected chi connectivity index (χ4v) is 4.05. The van der Waals surface area contributed by atoms with Crippen LogP contribution in [0.15, 0.2) is 67.6 Å². The van der Waals surface area contributed by atoms with Crippen LogP contribution in [0.3, 0.4) is 0 Å². The Labute approximate surface area is 163 Å². The van der Waals surface area contributed by atoms with Crippen molar-refractivity contribution in [3.8, 4) is 5.69 Å². The number of hydrogen-bond acceptors (Lipinski definition) is 5. The molecule has 28 heavy (non-hydrogen) atoms. The number of fused-ring (bicyclic) bond motifs is 1. The Morgan fingerprint density at radius 2 is 1.64 bits per heavy atom. The van der Waals surface area contributed by atoms with Crippen LogP contribution in [0.25, 0.3) is 16.9 Å². The van der Waals surface area contributed by atoms with Gasteiger partial charge in [-0.25, -0.2) is 19.9 Å². The molecule has 0 N–H and O–H groups in total. The van der Waals surface area contributed by atoms with E-state index in [1.165, 1.54) is 18.4 Å². The molecule has 6 heteroatoms. The minimum atomic E-state index is 0.717. The van der Waals surface area contributed by atoms with Crippen LogP contribution >= 0.6 is 0 Å². The maximum Gasteiger partial charge on any atom is 0.180 e. The smallest absolute Gasteiger partial charge is 0.180 e. The summed E-state index contributed by atoms with van der Waals surface area (Å²) in [6.45, 7) is 2.10. The van der Waals surface area contributed by atoms with Crippen molar-refractivity contribution >= 4 is 16.9 Å². The molecule has 0 saturated carbocycles. The normalized spacial score (nSPS) is 15.2. The second kappa shape index (κ2) is 7.38. The highest BCUT2D eigenvalue weighted by Crippen LogP contribution is 2.29. The summed E-state index contributed by atoms with van der Waals surface area (Å²) in [5.74, 6) is 0.717. The first kappa shape index (κ1) is 16.9. The molecule has 1 fully saturated rings. The van der Waals surface area contributed by atoms with E-state index in [4.69, 9.17) is 0 Å². The minimum absolute atomic E-state index is 0.717. The number of pyridine rings is 1. The van der Waals surface area contributed by atoms with E-state index in [1.807, 2.05) is 23.3 Å².